The summed E-state index contributed by atoms with van der Waals surface area (Å²) in [5, 5.41) is 8.75. The molecule has 0 bridgehead atoms. The van der Waals surface area contributed by atoms with Crippen LogP contribution in [-0.4, -0.2) is 76.0 Å². The molecular weight excluding hydrogens is 857 g/mol. The van der Waals surface area contributed by atoms with Crippen LogP contribution in [-0.2, 0) is 0 Å². The molecule has 0 unspecified atom stereocenters. The Morgan fingerprint density at radius 3 is 0.952 bits per heavy atom. The summed E-state index contributed by atoms with van der Waals surface area (Å²) in [6.07, 6.45) is 3.71. The topological polar surface area (TPSA) is 170 Å². The van der Waals surface area contributed by atoms with E-state index in [0.29, 0.717) is 43.1 Å². The number of carbonyl (C=O) groups excluding carboxylic acids is 4. The van der Waals surface area contributed by atoms with Crippen molar-refractivity contribution in [2.45, 2.75) is 74.0 Å². The maximum absolute atomic E-state index is 14.8. The van der Waals surface area contributed by atoms with E-state index in [0.717, 1.165) is 48.7 Å². The molecule has 0 radical (unpaired) electrons. The standard InChI is InChI=1S/C46H42N8O4S4/c1-5-21-59-43-49-41(50-44(53-43)60-22-6-2)47-31-19-17-25(33-35(31)39(57)29-15-11-9-13-27(29)37(33)55)26-18-20-32(36-34(26)38(56)28-14-10-12-16-30(28)40(36)58)48-42-51-45(61-23-7-3)54-46(52-42)62-24-8-4/h9-20H,5-8,21-24H2,1-4H3,(H,47,49,50,53)(H,48,51,52,54). The van der Waals surface area contributed by atoms with Crippen LogP contribution in [0.1, 0.15) is 117 Å². The molecule has 2 aliphatic rings. The van der Waals surface area contributed by atoms with Gasteiger partial charge in [0.15, 0.2) is 43.8 Å². The van der Waals surface area contributed by atoms with Crippen LogP contribution in [0.3, 0.4) is 0 Å². The van der Waals surface area contributed by atoms with E-state index in [-0.39, 0.29) is 68.0 Å². The van der Waals surface area contributed by atoms with Crippen molar-refractivity contribution in [3.8, 4) is 11.1 Å². The highest BCUT2D eigenvalue weighted by atomic mass is 32.2. The summed E-state index contributed by atoms with van der Waals surface area (Å²) in [5.41, 5.74) is 2.72. The maximum atomic E-state index is 14.8. The van der Waals surface area contributed by atoms with Gasteiger partial charge in [-0.25, -0.2) is 0 Å². The van der Waals surface area contributed by atoms with E-state index in [2.05, 4.69) is 68.2 Å². The number of benzene rings is 4. The molecule has 2 heterocycles. The molecule has 16 heteroatoms. The fourth-order valence-corrected chi connectivity index (χ4v) is 10.0. The molecule has 2 aromatic heterocycles. The van der Waals surface area contributed by atoms with Gasteiger partial charge in [0.05, 0.1) is 22.5 Å². The van der Waals surface area contributed by atoms with E-state index in [1.165, 1.54) is 47.0 Å². The lowest BCUT2D eigenvalue weighted by atomic mass is 9.75. The minimum atomic E-state index is -0.395. The lowest BCUT2D eigenvalue weighted by Crippen LogP contribution is -2.25. The van der Waals surface area contributed by atoms with Crippen molar-refractivity contribution < 1.29 is 19.2 Å². The number of aromatic nitrogens is 6. The summed E-state index contributed by atoms with van der Waals surface area (Å²) in [5.74, 6) is 2.18. The third kappa shape index (κ3) is 8.65. The van der Waals surface area contributed by atoms with E-state index >= 15 is 0 Å². The van der Waals surface area contributed by atoms with Crippen molar-refractivity contribution in [3.05, 3.63) is 117 Å². The average Bonchev–Trinajstić information content (AvgIpc) is 3.29. The Balaban J connectivity index is 1.31. The molecule has 314 valence electrons. The number of hydrogen-bond acceptors (Lipinski definition) is 16. The second-order valence-corrected chi connectivity index (χ2v) is 18.6. The van der Waals surface area contributed by atoms with Gasteiger partial charge in [0.2, 0.25) is 11.9 Å². The molecule has 0 aliphatic heterocycles. The molecule has 8 rings (SSSR count). The van der Waals surface area contributed by atoms with Crippen LogP contribution in [0.2, 0.25) is 0 Å². The molecule has 6 aromatic rings. The largest absolute Gasteiger partial charge is 0.323 e. The highest BCUT2D eigenvalue weighted by molar-refractivity contribution is 8.00. The SMILES string of the molecule is CCCSc1nc(Nc2ccc(-c3ccc(Nc4nc(SCCC)nc(SCCC)n4)c4c3C(=O)c3ccccc3C4=O)c3c2C(=O)c2ccccc2C3=O)nc(SCCC)n1. The Morgan fingerprint density at radius 1 is 0.371 bits per heavy atom. The zero-order valence-corrected chi connectivity index (χ0v) is 37.8. The number of rotatable bonds is 17. The molecule has 0 fully saturated rings. The predicted molar refractivity (Wildman–Crippen MR) is 249 cm³/mol. The van der Waals surface area contributed by atoms with Crippen molar-refractivity contribution in [1.82, 2.24) is 29.9 Å². The van der Waals surface area contributed by atoms with Gasteiger partial charge in [0.25, 0.3) is 0 Å². The predicted octanol–water partition coefficient (Wildman–Crippen LogP) is 10.8. The van der Waals surface area contributed by atoms with Gasteiger partial charge in [0.1, 0.15) is 0 Å². The number of anilines is 4. The first-order valence-electron chi connectivity index (χ1n) is 20.5. The Morgan fingerprint density at radius 2 is 0.661 bits per heavy atom. The van der Waals surface area contributed by atoms with Gasteiger partial charge in [-0.15, -0.1) is 0 Å². The van der Waals surface area contributed by atoms with Crippen LogP contribution in [0.15, 0.2) is 93.4 Å². The van der Waals surface area contributed by atoms with E-state index < -0.39 is 11.6 Å². The quantitative estimate of drug-likeness (QED) is 0.0827. The minimum absolute atomic E-state index is 0.101. The van der Waals surface area contributed by atoms with E-state index in [1.54, 1.807) is 72.8 Å². The number of ketones is 4. The second-order valence-electron chi connectivity index (χ2n) is 14.3. The summed E-state index contributed by atoms with van der Waals surface area (Å²) >= 11 is 6.06. The highest BCUT2D eigenvalue weighted by Crippen LogP contribution is 2.44. The van der Waals surface area contributed by atoms with Gasteiger partial charge >= 0.3 is 0 Å². The Bertz CT molecular complexity index is 2530. The molecule has 0 amide bonds. The number of nitrogens with zero attached hydrogens (tertiary/aromatic N) is 6. The van der Waals surface area contributed by atoms with Crippen molar-refractivity contribution in [2.75, 3.05) is 33.6 Å². The van der Waals surface area contributed by atoms with Crippen LogP contribution in [0.25, 0.3) is 11.1 Å². The van der Waals surface area contributed by atoms with E-state index in [1.807, 2.05) is 0 Å². The first-order valence-corrected chi connectivity index (χ1v) is 24.5. The second kappa shape index (κ2) is 19.3. The molecule has 2 aliphatic carbocycles. The summed E-state index contributed by atoms with van der Waals surface area (Å²) in [7, 11) is 0. The lowest BCUT2D eigenvalue weighted by molar-refractivity contribution is 0.0978. The van der Waals surface area contributed by atoms with Gasteiger partial charge in [-0.05, 0) is 48.9 Å². The molecule has 62 heavy (non-hydrogen) atoms. The number of fused-ring (bicyclic) bond motifs is 4. The Kier molecular flexibility index (Phi) is 13.5. The number of hydrogen-bond donors (Lipinski definition) is 2. The van der Waals surface area contributed by atoms with Crippen LogP contribution >= 0.6 is 47.0 Å². The highest BCUT2D eigenvalue weighted by Gasteiger charge is 2.38. The molecule has 0 saturated carbocycles. The fourth-order valence-electron chi connectivity index (χ4n) is 7.16. The van der Waals surface area contributed by atoms with Crippen molar-refractivity contribution in [1.29, 1.82) is 0 Å². The monoisotopic (exact) mass is 898 g/mol. The number of nitrogens with one attached hydrogen (secondary N) is 2. The maximum Gasteiger partial charge on any atom is 0.232 e. The lowest BCUT2D eigenvalue weighted by Gasteiger charge is -2.26. The van der Waals surface area contributed by atoms with Gasteiger partial charge in [-0.1, -0.05) is 135 Å². The third-order valence-corrected chi connectivity index (χ3v) is 14.1. The van der Waals surface area contributed by atoms with Crippen molar-refractivity contribution in [3.63, 3.8) is 0 Å². The van der Waals surface area contributed by atoms with Gasteiger partial charge in [-0.2, -0.15) is 29.9 Å². The zero-order valence-electron chi connectivity index (χ0n) is 34.5. The van der Waals surface area contributed by atoms with Crippen LogP contribution in [0, 0.1) is 0 Å². The number of carbonyl (C=O) groups is 4. The van der Waals surface area contributed by atoms with Crippen molar-refractivity contribution >= 4 is 93.5 Å². The Hall–Kier alpha value is -5.42. The summed E-state index contributed by atoms with van der Waals surface area (Å²) in [4.78, 5) is 87.0. The zero-order chi connectivity index (χ0) is 43.3. The number of thioether (sulfide) groups is 4. The van der Waals surface area contributed by atoms with E-state index in [4.69, 9.17) is 0 Å². The van der Waals surface area contributed by atoms with Crippen molar-refractivity contribution in [2.24, 2.45) is 0 Å². The van der Waals surface area contributed by atoms with E-state index in [9.17, 15) is 19.2 Å². The van der Waals surface area contributed by atoms with Gasteiger partial charge in [-0.3, -0.25) is 19.2 Å². The van der Waals surface area contributed by atoms with Gasteiger partial charge < -0.3 is 10.6 Å². The Labute approximate surface area is 376 Å². The molecule has 2 N–H and O–H groups in total. The van der Waals surface area contributed by atoms with Crippen LogP contribution in [0.4, 0.5) is 23.3 Å². The van der Waals surface area contributed by atoms with Crippen LogP contribution < -0.4 is 10.6 Å². The average molecular weight is 899 g/mol. The molecule has 0 spiro atoms. The summed E-state index contributed by atoms with van der Waals surface area (Å²) in [6.45, 7) is 8.33. The van der Waals surface area contributed by atoms with Gasteiger partial charge in [0, 0.05) is 56.4 Å². The molecule has 12 nitrogen and oxygen atoms in total. The normalized spacial score (nSPS) is 12.8. The first kappa shape index (κ1) is 43.2. The fraction of sp³-hybridized carbons (Fsp3) is 0.261. The first-order chi connectivity index (χ1) is 30.2. The third-order valence-electron chi connectivity index (χ3n) is 9.86. The molecule has 4 aromatic carbocycles. The smallest absolute Gasteiger partial charge is 0.232 e. The molecule has 0 atom stereocenters. The minimum Gasteiger partial charge on any atom is -0.323 e. The molecule has 0 saturated heterocycles. The molecular formula is C46H42N8O4S4. The summed E-state index contributed by atoms with van der Waals surface area (Å²) in [6, 6.07) is 20.2. The summed E-state index contributed by atoms with van der Waals surface area (Å²) < 4.78 is 0. The van der Waals surface area contributed by atoms with Crippen LogP contribution in [0.5, 0.6) is 0 Å².